The van der Waals surface area contributed by atoms with E-state index in [-0.39, 0.29) is 0 Å². The predicted molar refractivity (Wildman–Crippen MR) is 57.9 cm³/mol. The number of nitrogen functional groups attached to an aromatic ring is 1. The van der Waals surface area contributed by atoms with Crippen LogP contribution < -0.4 is 10.5 Å². The van der Waals surface area contributed by atoms with Crippen LogP contribution in [0.4, 0.5) is 0 Å². The van der Waals surface area contributed by atoms with E-state index in [1.54, 1.807) is 16.0 Å². The molecule has 0 aliphatic carbocycles. The van der Waals surface area contributed by atoms with Gasteiger partial charge in [0, 0.05) is 6.92 Å². The number of aromatic nitrogens is 2. The maximum atomic E-state index is 5.91. The van der Waals surface area contributed by atoms with Crippen molar-refractivity contribution >= 4 is 26.5 Å². The minimum Gasteiger partial charge on any atom is -0.268 e. The average molecular weight is 204 g/mol. The predicted octanol–water partition coefficient (Wildman–Crippen LogP) is 1.46. The largest absolute Gasteiger partial charge is 0.370 e. The first-order valence-electron chi connectivity index (χ1n) is 4.44. The van der Waals surface area contributed by atoms with Crippen LogP contribution in [0.5, 0.6) is 0 Å². The number of para-hydroxylation sites is 1. The van der Waals surface area contributed by atoms with Crippen LogP contribution >= 0.6 is 11.3 Å². The molecule has 0 atom stereocenters. The molecule has 0 radical (unpaired) electrons. The highest BCUT2D eigenvalue weighted by Crippen LogP contribution is 2.24. The first-order valence-corrected chi connectivity index (χ1v) is 5.25. The molecule has 0 spiro atoms. The second-order valence-corrected chi connectivity index (χ2v) is 4.37. The molecule has 0 amide bonds. The van der Waals surface area contributed by atoms with E-state index in [4.69, 9.17) is 5.84 Å². The van der Waals surface area contributed by atoms with Crippen LogP contribution in [-0.4, -0.2) is 4.40 Å². The molecule has 0 saturated carbocycles. The quantitative estimate of drug-likeness (QED) is 0.436. The summed E-state index contributed by atoms with van der Waals surface area (Å²) >= 11 is 1.71. The van der Waals surface area contributed by atoms with Gasteiger partial charge in [0.05, 0.1) is 4.70 Å². The van der Waals surface area contributed by atoms with Crippen molar-refractivity contribution in [2.75, 3.05) is 5.84 Å². The van der Waals surface area contributed by atoms with Gasteiger partial charge in [0.15, 0.2) is 11.2 Å². The molecule has 3 nitrogen and oxygen atoms in total. The van der Waals surface area contributed by atoms with Crippen molar-refractivity contribution in [3.63, 3.8) is 0 Å². The third-order valence-electron chi connectivity index (χ3n) is 2.43. The van der Waals surface area contributed by atoms with Crippen LogP contribution in [0.25, 0.3) is 15.2 Å². The molecule has 4 heteroatoms. The van der Waals surface area contributed by atoms with Crippen molar-refractivity contribution in [1.82, 2.24) is 4.40 Å². The smallest absolute Gasteiger partial charge is 0.268 e. The molecule has 0 unspecified atom stereocenters. The molecule has 0 aliphatic heterocycles. The van der Waals surface area contributed by atoms with Crippen molar-refractivity contribution < 1.29 is 4.68 Å². The molecule has 0 aliphatic rings. The minimum atomic E-state index is 1.07. The SMILES string of the molecule is Cc1cn2c3ccccc3sc2[n+]1N. The number of nitrogens with two attached hydrogens (primary N) is 1. The molecular weight excluding hydrogens is 194 g/mol. The van der Waals surface area contributed by atoms with Crippen molar-refractivity contribution in [2.24, 2.45) is 0 Å². The first-order chi connectivity index (χ1) is 6.77. The molecule has 0 saturated heterocycles. The maximum Gasteiger partial charge on any atom is 0.370 e. The Balaban J connectivity index is 2.60. The average Bonchev–Trinajstić information content (AvgIpc) is 2.67. The fraction of sp³-hybridized carbons (Fsp3) is 0.100. The fourth-order valence-corrected chi connectivity index (χ4v) is 2.79. The Morgan fingerprint density at radius 2 is 2.14 bits per heavy atom. The zero-order chi connectivity index (χ0) is 9.71. The Labute approximate surface area is 85.0 Å². The van der Waals surface area contributed by atoms with E-state index in [1.807, 2.05) is 19.1 Å². The van der Waals surface area contributed by atoms with E-state index < -0.39 is 0 Å². The summed E-state index contributed by atoms with van der Waals surface area (Å²) in [5.41, 5.74) is 2.29. The number of nitrogens with zero attached hydrogens (tertiary/aromatic N) is 2. The van der Waals surface area contributed by atoms with Gasteiger partial charge in [-0.05, 0) is 23.5 Å². The number of thiazole rings is 1. The summed E-state index contributed by atoms with van der Waals surface area (Å²) in [6, 6.07) is 8.32. The summed E-state index contributed by atoms with van der Waals surface area (Å²) in [6.07, 6.45) is 2.06. The standard InChI is InChI=1S/C10H10N3S/c1-7-6-12-8-4-2-3-5-9(8)14-10(12)13(7)11/h2-6H,11H2,1H3/q+1. The number of hydrogen-bond acceptors (Lipinski definition) is 2. The second-order valence-electron chi connectivity index (χ2n) is 3.36. The summed E-state index contributed by atoms with van der Waals surface area (Å²) in [5.74, 6) is 5.91. The van der Waals surface area contributed by atoms with Crippen molar-refractivity contribution in [2.45, 2.75) is 6.92 Å². The molecule has 0 fully saturated rings. The van der Waals surface area contributed by atoms with E-state index in [9.17, 15) is 0 Å². The summed E-state index contributed by atoms with van der Waals surface area (Å²) < 4.78 is 5.13. The molecule has 1 aromatic carbocycles. The van der Waals surface area contributed by atoms with E-state index in [1.165, 1.54) is 10.2 Å². The molecule has 70 valence electrons. The normalized spacial score (nSPS) is 11.5. The lowest BCUT2D eigenvalue weighted by Gasteiger charge is -1.82. The van der Waals surface area contributed by atoms with E-state index in [0.29, 0.717) is 0 Å². The molecule has 14 heavy (non-hydrogen) atoms. The van der Waals surface area contributed by atoms with E-state index in [2.05, 4.69) is 22.7 Å². The molecule has 3 aromatic rings. The lowest BCUT2D eigenvalue weighted by molar-refractivity contribution is -0.615. The van der Waals surface area contributed by atoms with Gasteiger partial charge in [-0.25, -0.2) is 0 Å². The number of hydrogen-bond donors (Lipinski definition) is 1. The fourth-order valence-electron chi connectivity index (χ4n) is 1.68. The van der Waals surface area contributed by atoms with Gasteiger partial charge in [0.25, 0.3) is 0 Å². The Bertz CT molecular complexity index is 621. The van der Waals surface area contributed by atoms with Gasteiger partial charge in [-0.2, -0.15) is 4.40 Å². The number of imidazole rings is 1. The summed E-state index contributed by atoms with van der Waals surface area (Å²) in [4.78, 5) is 1.07. The van der Waals surface area contributed by atoms with Gasteiger partial charge in [-0.3, -0.25) is 5.84 Å². The number of aryl methyl sites for hydroxylation is 1. The van der Waals surface area contributed by atoms with Crippen molar-refractivity contribution in [3.8, 4) is 0 Å². The van der Waals surface area contributed by atoms with Gasteiger partial charge in [-0.15, -0.1) is 4.68 Å². The molecule has 2 aromatic heterocycles. The molecular formula is C10H10N3S+. The zero-order valence-electron chi connectivity index (χ0n) is 7.77. The van der Waals surface area contributed by atoms with E-state index >= 15 is 0 Å². The van der Waals surface area contributed by atoms with Crippen molar-refractivity contribution in [1.29, 1.82) is 0 Å². The van der Waals surface area contributed by atoms with Crippen LogP contribution in [0.1, 0.15) is 5.69 Å². The first kappa shape index (κ1) is 7.82. The van der Waals surface area contributed by atoms with Crippen LogP contribution in [0, 0.1) is 6.92 Å². The highest BCUT2D eigenvalue weighted by molar-refractivity contribution is 7.23. The van der Waals surface area contributed by atoms with Gasteiger partial charge < -0.3 is 0 Å². The van der Waals surface area contributed by atoms with Crippen LogP contribution in [0.3, 0.4) is 0 Å². The Kier molecular flexibility index (Phi) is 1.39. The van der Waals surface area contributed by atoms with Gasteiger partial charge >= 0.3 is 4.96 Å². The van der Waals surface area contributed by atoms with Gasteiger partial charge in [0.2, 0.25) is 0 Å². The van der Waals surface area contributed by atoms with Crippen LogP contribution in [0.15, 0.2) is 30.5 Å². The Morgan fingerprint density at radius 3 is 3.00 bits per heavy atom. The second kappa shape index (κ2) is 2.48. The third-order valence-corrected chi connectivity index (χ3v) is 3.58. The number of fused-ring (bicyclic) bond motifs is 3. The lowest BCUT2D eigenvalue weighted by Crippen LogP contribution is -2.45. The summed E-state index contributed by atoms with van der Waals surface area (Å²) in [6.45, 7) is 2.01. The number of rotatable bonds is 0. The Morgan fingerprint density at radius 1 is 1.36 bits per heavy atom. The molecule has 0 bridgehead atoms. The zero-order valence-corrected chi connectivity index (χ0v) is 8.58. The lowest BCUT2D eigenvalue weighted by atomic mass is 10.3. The van der Waals surface area contributed by atoms with E-state index in [0.717, 1.165) is 10.7 Å². The van der Waals surface area contributed by atoms with Gasteiger partial charge in [0.1, 0.15) is 6.20 Å². The highest BCUT2D eigenvalue weighted by Gasteiger charge is 2.17. The monoisotopic (exact) mass is 204 g/mol. The summed E-state index contributed by atoms with van der Waals surface area (Å²) in [7, 11) is 0. The third kappa shape index (κ3) is 0.834. The Hall–Kier alpha value is -1.55. The highest BCUT2D eigenvalue weighted by atomic mass is 32.1. The number of benzene rings is 1. The molecule has 3 rings (SSSR count). The summed E-state index contributed by atoms with van der Waals surface area (Å²) in [5, 5.41) is 0. The topological polar surface area (TPSA) is 34.3 Å². The van der Waals surface area contributed by atoms with Crippen LogP contribution in [0.2, 0.25) is 0 Å². The molecule has 2 N–H and O–H groups in total. The maximum absolute atomic E-state index is 5.91. The van der Waals surface area contributed by atoms with Crippen LogP contribution in [-0.2, 0) is 0 Å². The molecule has 2 heterocycles. The minimum absolute atomic E-state index is 1.07. The van der Waals surface area contributed by atoms with Gasteiger partial charge in [-0.1, -0.05) is 12.1 Å². The van der Waals surface area contributed by atoms with Crippen molar-refractivity contribution in [3.05, 3.63) is 36.2 Å².